The van der Waals surface area contributed by atoms with Crippen molar-refractivity contribution in [3.8, 4) is 5.75 Å². The van der Waals surface area contributed by atoms with E-state index >= 15 is 0 Å². The van der Waals surface area contributed by atoms with Crippen molar-refractivity contribution in [3.63, 3.8) is 0 Å². The molecule has 0 saturated carbocycles. The maximum Gasteiger partial charge on any atom is 0.353 e. The maximum atomic E-state index is 13.6. The molecule has 156 valence electrons. The molecule has 1 N–H and O–H groups in total. The molecule has 2 aromatic rings. The summed E-state index contributed by atoms with van der Waals surface area (Å²) in [5.74, 6) is -0.813. The Bertz CT molecular complexity index is 1270. The molecule has 1 saturated heterocycles. The Morgan fingerprint density at radius 2 is 1.97 bits per heavy atom. The van der Waals surface area contributed by atoms with Crippen LogP contribution in [0, 0.1) is 0 Å². The highest BCUT2D eigenvalue weighted by Crippen LogP contribution is 2.52. The highest BCUT2D eigenvalue weighted by Gasteiger charge is 2.47. The van der Waals surface area contributed by atoms with Crippen molar-refractivity contribution in [1.82, 2.24) is 5.32 Å². The highest BCUT2D eigenvalue weighted by molar-refractivity contribution is 8.27. The van der Waals surface area contributed by atoms with Crippen LogP contribution in [0.25, 0.3) is 11.1 Å². The fourth-order valence-electron chi connectivity index (χ4n) is 4.20. The minimum Gasteiger partial charge on any atom is -0.422 e. The zero-order valence-electron chi connectivity index (χ0n) is 16.8. The molecule has 3 aliphatic heterocycles. The Hall–Kier alpha value is -2.75. The van der Waals surface area contributed by atoms with Crippen LogP contribution in [0.15, 0.2) is 40.6 Å². The lowest BCUT2D eigenvalue weighted by atomic mass is 9.89. The van der Waals surface area contributed by atoms with E-state index in [1.165, 1.54) is 11.3 Å². The third-order valence-electron chi connectivity index (χ3n) is 5.34. The lowest BCUT2D eigenvalue weighted by Crippen LogP contribution is -2.46. The average molecular weight is 469 g/mol. The van der Waals surface area contributed by atoms with E-state index in [4.69, 9.17) is 17.0 Å². The molecule has 1 aromatic heterocycles. The van der Waals surface area contributed by atoms with Gasteiger partial charge in [-0.25, -0.2) is 4.79 Å². The van der Waals surface area contributed by atoms with E-state index in [1.54, 1.807) is 34.5 Å². The Balaban J connectivity index is 1.72. The molecular formula is C22H16N2O4S3. The van der Waals surface area contributed by atoms with E-state index < -0.39 is 17.4 Å². The summed E-state index contributed by atoms with van der Waals surface area (Å²) < 4.78 is 5.95. The van der Waals surface area contributed by atoms with Gasteiger partial charge in [0, 0.05) is 11.1 Å². The number of amides is 2. The van der Waals surface area contributed by atoms with E-state index in [-0.39, 0.29) is 16.4 Å². The predicted molar refractivity (Wildman–Crippen MR) is 126 cm³/mol. The maximum absolute atomic E-state index is 13.6. The van der Waals surface area contributed by atoms with E-state index in [0.29, 0.717) is 20.5 Å². The molecule has 2 amide bonds. The first-order valence-electron chi connectivity index (χ1n) is 9.43. The van der Waals surface area contributed by atoms with E-state index in [2.05, 4.69) is 5.32 Å². The summed E-state index contributed by atoms with van der Waals surface area (Å²) in [6.45, 7) is 5.86. The SMILES string of the molecule is CC1=CC(C)(C)N2C(=O)/C(=C3\SC(=S)NC3=O)c3cc(OC(=O)c4cccs4)cc1c32. The number of thiocarbonyl (C=S) groups is 1. The van der Waals surface area contributed by atoms with Gasteiger partial charge in [0.2, 0.25) is 0 Å². The zero-order chi connectivity index (χ0) is 22.1. The number of esters is 1. The molecule has 3 aliphatic rings. The van der Waals surface area contributed by atoms with Gasteiger partial charge in [0.05, 0.1) is 21.7 Å². The van der Waals surface area contributed by atoms with Crippen LogP contribution in [-0.4, -0.2) is 27.6 Å². The summed E-state index contributed by atoms with van der Waals surface area (Å²) in [6, 6.07) is 6.90. The van der Waals surface area contributed by atoms with Crippen molar-refractivity contribution in [2.24, 2.45) is 0 Å². The minimum atomic E-state index is -0.583. The molecule has 0 aliphatic carbocycles. The Morgan fingerprint density at radius 1 is 1.23 bits per heavy atom. The van der Waals surface area contributed by atoms with Crippen LogP contribution in [0.3, 0.4) is 0 Å². The second-order valence-corrected chi connectivity index (χ2v) is 10.5. The summed E-state index contributed by atoms with van der Waals surface area (Å²) in [5.41, 5.74) is 2.74. The van der Waals surface area contributed by atoms with Gasteiger partial charge in [-0.1, -0.05) is 36.1 Å². The van der Waals surface area contributed by atoms with Crippen molar-refractivity contribution in [1.29, 1.82) is 0 Å². The second kappa shape index (κ2) is 6.88. The van der Waals surface area contributed by atoms with Crippen molar-refractivity contribution in [3.05, 3.63) is 56.6 Å². The number of thioether (sulfide) groups is 1. The zero-order valence-corrected chi connectivity index (χ0v) is 19.2. The number of nitrogens with zero attached hydrogens (tertiary/aromatic N) is 1. The Morgan fingerprint density at radius 3 is 2.61 bits per heavy atom. The minimum absolute atomic E-state index is 0.266. The molecule has 0 atom stereocenters. The van der Waals surface area contributed by atoms with Gasteiger partial charge in [0.1, 0.15) is 14.9 Å². The fourth-order valence-corrected chi connectivity index (χ4v) is 5.91. The summed E-state index contributed by atoms with van der Waals surface area (Å²) >= 11 is 7.49. The summed E-state index contributed by atoms with van der Waals surface area (Å²) in [7, 11) is 0. The molecule has 0 spiro atoms. The van der Waals surface area contributed by atoms with E-state index in [0.717, 1.165) is 28.6 Å². The number of anilines is 1. The smallest absolute Gasteiger partial charge is 0.353 e. The lowest BCUT2D eigenvalue weighted by Gasteiger charge is -2.38. The van der Waals surface area contributed by atoms with Crippen LogP contribution >= 0.6 is 35.3 Å². The van der Waals surface area contributed by atoms with Gasteiger partial charge < -0.3 is 10.1 Å². The number of carbonyl (C=O) groups excluding carboxylic acids is 3. The molecule has 4 heterocycles. The first kappa shape index (κ1) is 20.2. The fraction of sp³-hybridized carbons (Fsp3) is 0.182. The summed E-state index contributed by atoms with van der Waals surface area (Å²) in [5, 5.41) is 4.38. The number of carbonyl (C=O) groups is 3. The van der Waals surface area contributed by atoms with Gasteiger partial charge >= 0.3 is 5.97 Å². The molecule has 5 rings (SSSR count). The molecule has 1 aromatic carbocycles. The van der Waals surface area contributed by atoms with Crippen LogP contribution in [0.2, 0.25) is 0 Å². The predicted octanol–water partition coefficient (Wildman–Crippen LogP) is 4.37. The average Bonchev–Trinajstić information content (AvgIpc) is 3.38. The van der Waals surface area contributed by atoms with Crippen LogP contribution in [0.5, 0.6) is 5.75 Å². The molecular weight excluding hydrogens is 452 g/mol. The van der Waals surface area contributed by atoms with Gasteiger partial charge in [0.15, 0.2) is 0 Å². The number of allylic oxidation sites excluding steroid dienone is 1. The number of hydrogen-bond acceptors (Lipinski definition) is 7. The first-order chi connectivity index (χ1) is 14.7. The Labute approximate surface area is 192 Å². The number of nitrogens with one attached hydrogen (secondary N) is 1. The quantitative estimate of drug-likeness (QED) is 0.305. The highest BCUT2D eigenvalue weighted by atomic mass is 32.2. The topological polar surface area (TPSA) is 75.7 Å². The molecule has 0 radical (unpaired) electrons. The van der Waals surface area contributed by atoms with Crippen molar-refractivity contribution in [2.45, 2.75) is 26.3 Å². The standard InChI is InChI=1S/C22H16N2O4S3/c1-10-9-22(2,3)24-16-12(10)7-11(28-20(27)14-5-4-6-30-14)8-13(16)15(19(24)26)17-18(25)23-21(29)31-17/h4-9H,1-3H3,(H,23,25,29)/b17-15-. The van der Waals surface area contributed by atoms with E-state index in [9.17, 15) is 14.4 Å². The third kappa shape index (κ3) is 3.07. The lowest BCUT2D eigenvalue weighted by molar-refractivity contribution is -0.116. The van der Waals surface area contributed by atoms with Gasteiger partial charge in [-0.05, 0) is 49.9 Å². The first-order valence-corrected chi connectivity index (χ1v) is 11.5. The summed E-state index contributed by atoms with van der Waals surface area (Å²) in [4.78, 5) is 41.1. The molecule has 9 heteroatoms. The van der Waals surface area contributed by atoms with Gasteiger partial charge in [-0.3, -0.25) is 14.5 Å². The monoisotopic (exact) mass is 468 g/mol. The molecule has 0 bridgehead atoms. The van der Waals surface area contributed by atoms with Crippen LogP contribution in [0.4, 0.5) is 5.69 Å². The van der Waals surface area contributed by atoms with Gasteiger partial charge in [-0.15, -0.1) is 11.3 Å². The molecule has 31 heavy (non-hydrogen) atoms. The molecule has 1 fully saturated rings. The van der Waals surface area contributed by atoms with E-state index in [1.807, 2.05) is 26.8 Å². The largest absolute Gasteiger partial charge is 0.422 e. The summed E-state index contributed by atoms with van der Waals surface area (Å²) in [6.07, 6.45) is 2.00. The second-order valence-electron chi connectivity index (χ2n) is 7.90. The molecule has 6 nitrogen and oxygen atoms in total. The van der Waals surface area contributed by atoms with Gasteiger partial charge in [-0.2, -0.15) is 0 Å². The number of benzene rings is 1. The van der Waals surface area contributed by atoms with Crippen LogP contribution in [0.1, 0.15) is 41.6 Å². The normalized spacial score (nSPS) is 21.2. The van der Waals surface area contributed by atoms with Gasteiger partial charge in [0.25, 0.3) is 11.8 Å². The van der Waals surface area contributed by atoms with Crippen LogP contribution < -0.4 is 15.0 Å². The number of ether oxygens (including phenoxy) is 1. The number of hydrogen-bond donors (Lipinski definition) is 1. The van der Waals surface area contributed by atoms with Crippen LogP contribution in [-0.2, 0) is 9.59 Å². The molecule has 0 unspecified atom stereocenters. The Kier molecular flexibility index (Phi) is 4.47. The van der Waals surface area contributed by atoms with Crippen molar-refractivity contribution >= 4 is 74.3 Å². The third-order valence-corrected chi connectivity index (χ3v) is 7.42. The van der Waals surface area contributed by atoms with Crippen molar-refractivity contribution < 1.29 is 19.1 Å². The number of rotatable bonds is 2. The number of thiophene rings is 1. The van der Waals surface area contributed by atoms with Crippen molar-refractivity contribution in [2.75, 3.05) is 4.90 Å².